The molecule has 2 aliphatic heterocycles. The Bertz CT molecular complexity index is 353. The molecule has 3 rings (SSSR count). The van der Waals surface area contributed by atoms with Gasteiger partial charge in [-0.1, -0.05) is 36.4 Å². The number of fused-ring (bicyclic) bond motifs is 2. The Balaban J connectivity index is 1.93. The maximum Gasteiger partial charge on any atom is 0.0259 e. The summed E-state index contributed by atoms with van der Waals surface area (Å²) in [5.41, 5.74) is 2.95. The monoisotopic (exact) mass is 185 g/mol. The Morgan fingerprint density at radius 3 is 2.71 bits per heavy atom. The van der Waals surface area contributed by atoms with Crippen molar-refractivity contribution >= 4 is 5.57 Å². The summed E-state index contributed by atoms with van der Waals surface area (Å²) >= 11 is 0. The normalized spacial score (nSPS) is 30.1. The molecular weight excluding hydrogens is 170 g/mol. The van der Waals surface area contributed by atoms with Crippen molar-refractivity contribution in [3.05, 3.63) is 42.0 Å². The standard InChI is InChI=1S/C13H15N/c1-2-4-10(5-3-1)11-8-12-6-7-13(9-11)14-12/h1-5,8,12-14H,6-7,9H2/t12-,13+/m1/s1. The predicted molar refractivity (Wildman–Crippen MR) is 59.0 cm³/mol. The highest BCUT2D eigenvalue weighted by molar-refractivity contribution is 5.67. The third-order valence-corrected chi connectivity index (χ3v) is 3.29. The Morgan fingerprint density at radius 2 is 1.93 bits per heavy atom. The van der Waals surface area contributed by atoms with Crippen LogP contribution < -0.4 is 5.32 Å². The fraction of sp³-hybridized carbons (Fsp3) is 0.385. The molecule has 2 aliphatic rings. The summed E-state index contributed by atoms with van der Waals surface area (Å²) in [6.07, 6.45) is 6.29. The first-order valence-electron chi connectivity index (χ1n) is 5.44. The van der Waals surface area contributed by atoms with E-state index in [0.717, 1.165) is 6.04 Å². The largest absolute Gasteiger partial charge is 0.307 e. The number of benzene rings is 1. The highest BCUT2D eigenvalue weighted by Gasteiger charge is 2.27. The minimum Gasteiger partial charge on any atom is -0.307 e. The minimum absolute atomic E-state index is 0.643. The summed E-state index contributed by atoms with van der Waals surface area (Å²) < 4.78 is 0. The van der Waals surface area contributed by atoms with Crippen LogP contribution >= 0.6 is 0 Å². The van der Waals surface area contributed by atoms with Gasteiger partial charge in [0, 0.05) is 12.1 Å². The molecule has 2 heterocycles. The first-order valence-corrected chi connectivity index (χ1v) is 5.44. The molecule has 2 bridgehead atoms. The topological polar surface area (TPSA) is 12.0 Å². The second kappa shape index (κ2) is 3.25. The lowest BCUT2D eigenvalue weighted by atomic mass is 9.96. The summed E-state index contributed by atoms with van der Waals surface area (Å²) in [7, 11) is 0. The van der Waals surface area contributed by atoms with Crippen LogP contribution in [0.4, 0.5) is 0 Å². The zero-order chi connectivity index (χ0) is 9.38. The molecule has 1 fully saturated rings. The van der Waals surface area contributed by atoms with E-state index in [9.17, 15) is 0 Å². The molecule has 0 aromatic heterocycles. The first-order chi connectivity index (χ1) is 6.92. The maximum atomic E-state index is 3.61. The molecule has 0 aliphatic carbocycles. The molecule has 0 spiro atoms. The third kappa shape index (κ3) is 1.38. The van der Waals surface area contributed by atoms with Crippen LogP contribution in [0.5, 0.6) is 0 Å². The molecule has 14 heavy (non-hydrogen) atoms. The number of hydrogen-bond donors (Lipinski definition) is 1. The molecule has 1 N–H and O–H groups in total. The van der Waals surface area contributed by atoms with Crippen molar-refractivity contribution < 1.29 is 0 Å². The predicted octanol–water partition coefficient (Wildman–Crippen LogP) is 2.59. The zero-order valence-corrected chi connectivity index (χ0v) is 8.24. The van der Waals surface area contributed by atoms with Gasteiger partial charge in [-0.05, 0) is 30.4 Å². The smallest absolute Gasteiger partial charge is 0.0259 e. The molecule has 1 nitrogen and oxygen atoms in total. The Labute approximate surface area is 84.8 Å². The molecule has 0 unspecified atom stereocenters. The SMILES string of the molecule is C1=C(c2ccccc2)C[C@@H]2CC[C@H]1N2. The summed E-state index contributed by atoms with van der Waals surface area (Å²) in [5.74, 6) is 0. The van der Waals surface area contributed by atoms with Gasteiger partial charge in [-0.2, -0.15) is 0 Å². The Morgan fingerprint density at radius 1 is 1.07 bits per heavy atom. The van der Waals surface area contributed by atoms with E-state index in [2.05, 4.69) is 41.7 Å². The van der Waals surface area contributed by atoms with Gasteiger partial charge in [-0.25, -0.2) is 0 Å². The molecule has 0 saturated carbocycles. The summed E-state index contributed by atoms with van der Waals surface area (Å²) in [5, 5.41) is 3.61. The van der Waals surface area contributed by atoms with Gasteiger partial charge in [0.25, 0.3) is 0 Å². The fourth-order valence-electron chi connectivity index (χ4n) is 2.59. The van der Waals surface area contributed by atoms with Crippen LogP contribution in [0.1, 0.15) is 24.8 Å². The van der Waals surface area contributed by atoms with E-state index in [1.807, 2.05) is 0 Å². The number of rotatable bonds is 1. The average Bonchev–Trinajstić information content (AvgIpc) is 2.59. The van der Waals surface area contributed by atoms with Crippen molar-refractivity contribution in [2.45, 2.75) is 31.3 Å². The molecule has 1 aromatic rings. The molecule has 1 heteroatoms. The van der Waals surface area contributed by atoms with Gasteiger partial charge in [0.2, 0.25) is 0 Å². The molecule has 2 atom stereocenters. The van der Waals surface area contributed by atoms with E-state index in [0.29, 0.717) is 6.04 Å². The van der Waals surface area contributed by atoms with Crippen molar-refractivity contribution in [1.29, 1.82) is 0 Å². The molecule has 1 aromatic carbocycles. The van der Waals surface area contributed by atoms with Crippen molar-refractivity contribution in [1.82, 2.24) is 5.32 Å². The van der Waals surface area contributed by atoms with Crippen LogP contribution in [-0.4, -0.2) is 12.1 Å². The highest BCUT2D eigenvalue weighted by atomic mass is 15.0. The van der Waals surface area contributed by atoms with Crippen LogP contribution in [0.25, 0.3) is 5.57 Å². The molecular formula is C13H15N. The van der Waals surface area contributed by atoms with Gasteiger partial charge in [-0.3, -0.25) is 0 Å². The zero-order valence-electron chi connectivity index (χ0n) is 8.24. The van der Waals surface area contributed by atoms with E-state index in [1.54, 1.807) is 0 Å². The molecule has 0 amide bonds. The van der Waals surface area contributed by atoms with Crippen molar-refractivity contribution in [2.75, 3.05) is 0 Å². The van der Waals surface area contributed by atoms with Gasteiger partial charge >= 0.3 is 0 Å². The minimum atomic E-state index is 0.643. The van der Waals surface area contributed by atoms with Crippen LogP contribution in [0.15, 0.2) is 36.4 Å². The molecule has 72 valence electrons. The van der Waals surface area contributed by atoms with Gasteiger partial charge < -0.3 is 5.32 Å². The van der Waals surface area contributed by atoms with E-state index in [-0.39, 0.29) is 0 Å². The van der Waals surface area contributed by atoms with E-state index < -0.39 is 0 Å². The lowest BCUT2D eigenvalue weighted by molar-refractivity contribution is 0.575. The third-order valence-electron chi connectivity index (χ3n) is 3.29. The lowest BCUT2D eigenvalue weighted by Crippen LogP contribution is -2.31. The fourth-order valence-corrected chi connectivity index (χ4v) is 2.59. The quantitative estimate of drug-likeness (QED) is 0.709. The second-order valence-electron chi connectivity index (χ2n) is 4.31. The van der Waals surface area contributed by atoms with Crippen molar-refractivity contribution in [2.24, 2.45) is 0 Å². The van der Waals surface area contributed by atoms with Crippen LogP contribution in [-0.2, 0) is 0 Å². The summed E-state index contributed by atoms with van der Waals surface area (Å²) in [6, 6.07) is 12.1. The first kappa shape index (κ1) is 8.25. The van der Waals surface area contributed by atoms with Crippen LogP contribution in [0.3, 0.4) is 0 Å². The van der Waals surface area contributed by atoms with Crippen molar-refractivity contribution in [3.63, 3.8) is 0 Å². The molecule has 1 saturated heterocycles. The lowest BCUT2D eigenvalue weighted by Gasteiger charge is -2.21. The number of hydrogen-bond acceptors (Lipinski definition) is 1. The number of nitrogens with one attached hydrogen (secondary N) is 1. The Hall–Kier alpha value is -1.08. The Kier molecular flexibility index (Phi) is 1.91. The van der Waals surface area contributed by atoms with Gasteiger partial charge in [-0.15, -0.1) is 0 Å². The summed E-state index contributed by atoms with van der Waals surface area (Å²) in [4.78, 5) is 0. The van der Waals surface area contributed by atoms with Gasteiger partial charge in [0.1, 0.15) is 0 Å². The van der Waals surface area contributed by atoms with E-state index in [4.69, 9.17) is 0 Å². The van der Waals surface area contributed by atoms with E-state index >= 15 is 0 Å². The summed E-state index contributed by atoms with van der Waals surface area (Å²) in [6.45, 7) is 0. The second-order valence-corrected chi connectivity index (χ2v) is 4.31. The van der Waals surface area contributed by atoms with Crippen LogP contribution in [0, 0.1) is 0 Å². The highest BCUT2D eigenvalue weighted by Crippen LogP contribution is 2.31. The average molecular weight is 185 g/mol. The van der Waals surface area contributed by atoms with Crippen LogP contribution in [0.2, 0.25) is 0 Å². The van der Waals surface area contributed by atoms with E-state index in [1.165, 1.54) is 30.4 Å². The van der Waals surface area contributed by atoms with Gasteiger partial charge in [0.15, 0.2) is 0 Å². The maximum absolute atomic E-state index is 3.61. The van der Waals surface area contributed by atoms with Crippen molar-refractivity contribution in [3.8, 4) is 0 Å². The molecule has 0 radical (unpaired) electrons. The van der Waals surface area contributed by atoms with Gasteiger partial charge in [0.05, 0.1) is 0 Å².